The Hall–Kier alpha value is -1.87. The monoisotopic (exact) mass is 370 g/mol. The van der Waals surface area contributed by atoms with Crippen LogP contribution in [0, 0.1) is 6.92 Å². The van der Waals surface area contributed by atoms with E-state index in [2.05, 4.69) is 4.98 Å². The van der Waals surface area contributed by atoms with Gasteiger partial charge in [0.25, 0.3) is 5.56 Å². The van der Waals surface area contributed by atoms with Gasteiger partial charge in [-0.15, -0.1) is 0 Å². The van der Waals surface area contributed by atoms with Crippen LogP contribution in [0.25, 0.3) is 0 Å². The van der Waals surface area contributed by atoms with Crippen molar-refractivity contribution >= 4 is 22.8 Å². The van der Waals surface area contributed by atoms with Crippen molar-refractivity contribution < 1.29 is 19.1 Å². The summed E-state index contributed by atoms with van der Waals surface area (Å²) < 4.78 is 12.6. The summed E-state index contributed by atoms with van der Waals surface area (Å²) in [5.41, 5.74) is -0.655. The summed E-state index contributed by atoms with van der Waals surface area (Å²) in [5.74, 6) is -0.0295. The molecule has 0 bridgehead atoms. The van der Waals surface area contributed by atoms with Crippen molar-refractivity contribution in [3.05, 3.63) is 32.6 Å². The van der Waals surface area contributed by atoms with Crippen LogP contribution in [-0.2, 0) is 19.1 Å². The lowest BCUT2D eigenvalue weighted by atomic mass is 10.2. The van der Waals surface area contributed by atoms with Gasteiger partial charge >= 0.3 is 11.7 Å². The molecule has 8 nitrogen and oxygen atoms in total. The minimum Gasteiger partial charge on any atom is -0.459 e. The first-order chi connectivity index (χ1) is 11.8. The average Bonchev–Trinajstić information content (AvgIpc) is 2.98. The summed E-state index contributed by atoms with van der Waals surface area (Å²) in [4.78, 5) is 49.0. The molecule has 1 fully saturated rings. The van der Waals surface area contributed by atoms with Crippen LogP contribution in [0.2, 0.25) is 0 Å². The van der Waals surface area contributed by atoms with Gasteiger partial charge in [0.05, 0.1) is 0 Å². The normalized spacial score (nSPS) is 22.8. The van der Waals surface area contributed by atoms with E-state index in [1.54, 1.807) is 20.8 Å². The van der Waals surface area contributed by atoms with Crippen LogP contribution in [0.4, 0.5) is 0 Å². The predicted molar refractivity (Wildman–Crippen MR) is 92.5 cm³/mol. The Morgan fingerprint density at radius 1 is 1.36 bits per heavy atom. The molecule has 1 aliphatic heterocycles. The van der Waals surface area contributed by atoms with Gasteiger partial charge in [-0.25, -0.2) is 4.79 Å². The number of rotatable bonds is 6. The lowest BCUT2D eigenvalue weighted by Gasteiger charge is -2.18. The quantitative estimate of drug-likeness (QED) is 0.748. The van der Waals surface area contributed by atoms with E-state index in [4.69, 9.17) is 9.47 Å². The zero-order valence-electron chi connectivity index (χ0n) is 14.4. The van der Waals surface area contributed by atoms with Crippen molar-refractivity contribution in [3.8, 4) is 0 Å². The number of aryl methyl sites for hydroxylation is 1. The van der Waals surface area contributed by atoms with E-state index in [1.165, 1.54) is 10.8 Å². The number of aromatic amines is 1. The number of thioether (sulfide) groups is 1. The van der Waals surface area contributed by atoms with Gasteiger partial charge in [-0.2, -0.15) is 0 Å². The summed E-state index contributed by atoms with van der Waals surface area (Å²) >= 11 is 1.12. The summed E-state index contributed by atoms with van der Waals surface area (Å²) in [6, 6.07) is 0. The summed E-state index contributed by atoms with van der Waals surface area (Å²) in [6.07, 6.45) is 0.625. The molecule has 1 saturated heterocycles. The molecule has 2 rings (SSSR count). The van der Waals surface area contributed by atoms with Gasteiger partial charge in [0.1, 0.15) is 18.4 Å². The maximum absolute atomic E-state index is 12.0. The number of esters is 1. The van der Waals surface area contributed by atoms with Crippen molar-refractivity contribution in [2.75, 3.05) is 5.75 Å². The molecule has 3 atom stereocenters. The molecule has 0 aliphatic carbocycles. The van der Waals surface area contributed by atoms with Gasteiger partial charge in [-0.1, -0.05) is 25.6 Å². The van der Waals surface area contributed by atoms with Crippen molar-refractivity contribution in [3.63, 3.8) is 0 Å². The van der Waals surface area contributed by atoms with Gasteiger partial charge in [0, 0.05) is 36.8 Å². The lowest BCUT2D eigenvalue weighted by Crippen LogP contribution is -2.33. The predicted octanol–water partition coefficient (Wildman–Crippen LogP) is 1.12. The molecule has 25 heavy (non-hydrogen) atoms. The first-order valence-electron chi connectivity index (χ1n) is 8.18. The van der Waals surface area contributed by atoms with Crippen LogP contribution in [0.15, 0.2) is 15.8 Å². The molecule has 0 radical (unpaired) electrons. The number of ether oxygens (including phenoxy) is 2. The molecule has 0 unspecified atom stereocenters. The first kappa shape index (κ1) is 19.5. The molecule has 9 heteroatoms. The Balaban J connectivity index is 2.20. The topological polar surface area (TPSA) is 107 Å². The molecule has 1 N–H and O–H groups in total. The number of nitrogens with one attached hydrogen (secondary N) is 1. The van der Waals surface area contributed by atoms with E-state index in [-0.39, 0.29) is 23.9 Å². The summed E-state index contributed by atoms with van der Waals surface area (Å²) in [6.45, 7) is 5.05. The lowest BCUT2D eigenvalue weighted by molar-refractivity contribution is -0.150. The number of hydrogen-bond acceptors (Lipinski definition) is 7. The second-order valence-corrected chi connectivity index (χ2v) is 6.84. The highest BCUT2D eigenvalue weighted by molar-refractivity contribution is 8.13. The van der Waals surface area contributed by atoms with Gasteiger partial charge < -0.3 is 9.47 Å². The fourth-order valence-electron chi connectivity index (χ4n) is 2.47. The molecule has 1 aromatic rings. The van der Waals surface area contributed by atoms with Crippen molar-refractivity contribution in [2.45, 2.75) is 58.5 Å². The number of carbonyl (C=O) groups excluding carboxylic acids is 2. The van der Waals surface area contributed by atoms with E-state index in [0.29, 0.717) is 17.7 Å². The van der Waals surface area contributed by atoms with Gasteiger partial charge in [0.15, 0.2) is 5.12 Å². The first-order valence-corrected chi connectivity index (χ1v) is 9.16. The maximum atomic E-state index is 12.0. The largest absolute Gasteiger partial charge is 0.459 e. The Bertz CT molecular complexity index is 756. The average molecular weight is 370 g/mol. The Kier molecular flexibility index (Phi) is 6.60. The molecule has 0 amide bonds. The van der Waals surface area contributed by atoms with E-state index < -0.39 is 29.7 Å². The molecule has 1 aliphatic rings. The minimum atomic E-state index is -0.667. The highest BCUT2D eigenvalue weighted by Gasteiger charge is 2.39. The van der Waals surface area contributed by atoms with Crippen molar-refractivity contribution in [1.82, 2.24) is 9.55 Å². The van der Waals surface area contributed by atoms with Crippen LogP contribution < -0.4 is 11.2 Å². The summed E-state index contributed by atoms with van der Waals surface area (Å²) in [5, 5.41) is 0.0182. The molecule has 1 aromatic heterocycles. The van der Waals surface area contributed by atoms with Crippen LogP contribution in [0.1, 0.15) is 44.9 Å². The number of hydrogen-bond donors (Lipinski definition) is 1. The van der Waals surface area contributed by atoms with Gasteiger partial charge in [0.2, 0.25) is 0 Å². The maximum Gasteiger partial charge on any atom is 0.330 e. The molecule has 0 spiro atoms. The molecular formula is C16H22N2O6S. The highest BCUT2D eigenvalue weighted by atomic mass is 32.2. The second-order valence-electron chi connectivity index (χ2n) is 5.76. The Morgan fingerprint density at radius 2 is 2.08 bits per heavy atom. The molecule has 0 aromatic carbocycles. The fraction of sp³-hybridized carbons (Fsp3) is 0.625. The second kappa shape index (κ2) is 8.48. The zero-order chi connectivity index (χ0) is 18.6. The molecular weight excluding hydrogens is 348 g/mol. The van der Waals surface area contributed by atoms with Gasteiger partial charge in [-0.05, 0) is 6.92 Å². The van der Waals surface area contributed by atoms with Crippen molar-refractivity contribution in [1.29, 1.82) is 0 Å². The SMILES string of the molecule is CCC(=O)O[C@H]1C[C@@H](n2cc(C)c(=O)[nH]c2=O)O[C@@H]1CSC(=O)CC. The van der Waals surface area contributed by atoms with E-state index in [1.807, 2.05) is 0 Å². The third-order valence-corrected chi connectivity index (χ3v) is 5.01. The minimum absolute atomic E-state index is 0.0182. The Morgan fingerprint density at radius 3 is 2.72 bits per heavy atom. The van der Waals surface area contributed by atoms with E-state index in [0.717, 1.165) is 11.8 Å². The molecule has 2 heterocycles. The van der Waals surface area contributed by atoms with Crippen LogP contribution >= 0.6 is 11.8 Å². The number of nitrogens with zero attached hydrogens (tertiary/aromatic N) is 1. The van der Waals surface area contributed by atoms with Crippen LogP contribution in [-0.4, -0.2) is 38.6 Å². The standard InChI is InChI=1S/C16H22N2O6S/c1-4-13(19)24-10-6-12(23-11(10)8-25-14(20)5-2)18-7-9(3)15(21)17-16(18)22/h7,10-12H,4-6,8H2,1-3H3,(H,17,21,22)/t10-,11+,12-/m0/s1. The van der Waals surface area contributed by atoms with Gasteiger partial charge in [-0.3, -0.25) is 23.9 Å². The third kappa shape index (κ3) is 4.82. The van der Waals surface area contributed by atoms with Crippen LogP contribution in [0.3, 0.4) is 0 Å². The van der Waals surface area contributed by atoms with E-state index in [9.17, 15) is 19.2 Å². The zero-order valence-corrected chi connectivity index (χ0v) is 15.3. The number of aromatic nitrogens is 2. The fourth-order valence-corrected chi connectivity index (χ4v) is 3.32. The van der Waals surface area contributed by atoms with Crippen LogP contribution in [0.5, 0.6) is 0 Å². The third-order valence-electron chi connectivity index (χ3n) is 3.91. The number of carbonyl (C=O) groups is 2. The molecule has 0 saturated carbocycles. The Labute approximate surface area is 148 Å². The smallest absolute Gasteiger partial charge is 0.330 e. The summed E-state index contributed by atoms with van der Waals surface area (Å²) in [7, 11) is 0. The highest BCUT2D eigenvalue weighted by Crippen LogP contribution is 2.32. The molecule has 138 valence electrons. The number of H-pyrrole nitrogens is 1. The van der Waals surface area contributed by atoms with E-state index >= 15 is 0 Å². The van der Waals surface area contributed by atoms with Crippen molar-refractivity contribution in [2.24, 2.45) is 0 Å².